The number of benzene rings is 1. The Bertz CT molecular complexity index is 577. The molecule has 0 spiro atoms. The summed E-state index contributed by atoms with van der Waals surface area (Å²) < 4.78 is 2.09. The van der Waals surface area contributed by atoms with Crippen LogP contribution in [0, 0.1) is 0 Å². The van der Waals surface area contributed by atoms with Crippen LogP contribution in [0.15, 0.2) is 30.3 Å². The first-order valence-corrected chi connectivity index (χ1v) is 8.07. The van der Waals surface area contributed by atoms with Gasteiger partial charge in [0.05, 0.1) is 5.69 Å². The van der Waals surface area contributed by atoms with Crippen LogP contribution in [0.2, 0.25) is 0 Å². The molecule has 1 fully saturated rings. The van der Waals surface area contributed by atoms with Gasteiger partial charge in [0.2, 0.25) is 0 Å². The van der Waals surface area contributed by atoms with Gasteiger partial charge in [-0.3, -0.25) is 4.68 Å². The molecule has 3 rings (SSSR count). The summed E-state index contributed by atoms with van der Waals surface area (Å²) in [6.45, 7) is 4.45. The molecule has 0 atom stereocenters. The van der Waals surface area contributed by atoms with Gasteiger partial charge >= 0.3 is 0 Å². The van der Waals surface area contributed by atoms with Crippen LogP contribution in [0.25, 0.3) is 0 Å². The second kappa shape index (κ2) is 6.44. The zero-order valence-corrected chi connectivity index (χ0v) is 13.1. The Hall–Kier alpha value is -1.61. The van der Waals surface area contributed by atoms with Gasteiger partial charge in [-0.1, -0.05) is 31.2 Å². The second-order valence-corrected chi connectivity index (χ2v) is 6.06. The number of aromatic nitrogens is 2. The number of nitrogens with one attached hydrogen (secondary N) is 1. The molecule has 3 heteroatoms. The standard InChI is InChI=1S/C18H25N3/c1-3-14-4-6-15(7-5-14)12-17-13-18(21(2)20-17)16-8-10-19-11-9-16/h4-7,13,16,19H,3,8-12H2,1-2H3. The minimum Gasteiger partial charge on any atom is -0.317 e. The van der Waals surface area contributed by atoms with E-state index in [0.717, 1.165) is 25.9 Å². The topological polar surface area (TPSA) is 29.9 Å². The zero-order chi connectivity index (χ0) is 14.7. The molecule has 0 aliphatic carbocycles. The van der Waals surface area contributed by atoms with E-state index in [1.54, 1.807) is 0 Å². The van der Waals surface area contributed by atoms with E-state index in [1.165, 1.54) is 35.4 Å². The minimum atomic E-state index is 0.667. The van der Waals surface area contributed by atoms with Gasteiger partial charge < -0.3 is 5.32 Å². The molecule has 3 nitrogen and oxygen atoms in total. The maximum atomic E-state index is 4.72. The third-order valence-corrected chi connectivity index (χ3v) is 4.54. The van der Waals surface area contributed by atoms with Gasteiger partial charge in [0.25, 0.3) is 0 Å². The largest absolute Gasteiger partial charge is 0.317 e. The van der Waals surface area contributed by atoms with Crippen molar-refractivity contribution in [2.75, 3.05) is 13.1 Å². The fraction of sp³-hybridized carbons (Fsp3) is 0.500. The van der Waals surface area contributed by atoms with E-state index in [4.69, 9.17) is 5.10 Å². The molecule has 1 saturated heterocycles. The Balaban J connectivity index is 1.73. The van der Waals surface area contributed by atoms with Crippen molar-refractivity contribution in [2.45, 2.75) is 38.5 Å². The molecule has 21 heavy (non-hydrogen) atoms. The highest BCUT2D eigenvalue weighted by atomic mass is 15.3. The lowest BCUT2D eigenvalue weighted by Crippen LogP contribution is -2.27. The van der Waals surface area contributed by atoms with Crippen LogP contribution < -0.4 is 5.32 Å². The summed E-state index contributed by atoms with van der Waals surface area (Å²) in [5.74, 6) is 0.667. The maximum absolute atomic E-state index is 4.72. The van der Waals surface area contributed by atoms with Gasteiger partial charge in [-0.2, -0.15) is 5.10 Å². The zero-order valence-electron chi connectivity index (χ0n) is 13.1. The summed E-state index contributed by atoms with van der Waals surface area (Å²) in [5, 5.41) is 8.15. The van der Waals surface area contributed by atoms with Crippen LogP contribution in [0.5, 0.6) is 0 Å². The van der Waals surface area contributed by atoms with Crippen molar-refractivity contribution in [3.8, 4) is 0 Å². The molecule has 0 radical (unpaired) electrons. The molecule has 1 aromatic heterocycles. The van der Waals surface area contributed by atoms with Crippen LogP contribution >= 0.6 is 0 Å². The van der Waals surface area contributed by atoms with Crippen molar-refractivity contribution >= 4 is 0 Å². The lowest BCUT2D eigenvalue weighted by Gasteiger charge is -2.22. The maximum Gasteiger partial charge on any atom is 0.0671 e. The highest BCUT2D eigenvalue weighted by Gasteiger charge is 2.19. The normalized spacial score (nSPS) is 16.3. The molecular weight excluding hydrogens is 258 g/mol. The van der Waals surface area contributed by atoms with Gasteiger partial charge in [-0.25, -0.2) is 0 Å². The molecule has 1 N–H and O–H groups in total. The van der Waals surface area contributed by atoms with Crippen molar-refractivity contribution in [3.05, 3.63) is 52.8 Å². The molecule has 2 aromatic rings. The molecule has 112 valence electrons. The van der Waals surface area contributed by atoms with Crippen LogP contribution in [0.3, 0.4) is 0 Å². The third-order valence-electron chi connectivity index (χ3n) is 4.54. The number of piperidine rings is 1. The van der Waals surface area contributed by atoms with Crippen molar-refractivity contribution in [1.82, 2.24) is 15.1 Å². The van der Waals surface area contributed by atoms with Gasteiger partial charge in [0.1, 0.15) is 0 Å². The second-order valence-electron chi connectivity index (χ2n) is 6.06. The lowest BCUT2D eigenvalue weighted by atomic mass is 9.94. The number of hydrogen-bond donors (Lipinski definition) is 1. The quantitative estimate of drug-likeness (QED) is 0.934. The highest BCUT2D eigenvalue weighted by molar-refractivity contribution is 5.27. The minimum absolute atomic E-state index is 0.667. The smallest absolute Gasteiger partial charge is 0.0671 e. The molecule has 0 saturated carbocycles. The van der Waals surface area contributed by atoms with Crippen LogP contribution in [-0.2, 0) is 19.9 Å². The summed E-state index contributed by atoms with van der Waals surface area (Å²) >= 11 is 0. The first kappa shape index (κ1) is 14.3. The van der Waals surface area contributed by atoms with Crippen LogP contribution in [0.1, 0.15) is 48.2 Å². The van der Waals surface area contributed by atoms with Gasteiger partial charge in [0, 0.05) is 25.1 Å². The number of aryl methyl sites for hydroxylation is 2. The molecule has 1 aliphatic heterocycles. The predicted molar refractivity (Wildman–Crippen MR) is 86.7 cm³/mol. The highest BCUT2D eigenvalue weighted by Crippen LogP contribution is 2.26. The van der Waals surface area contributed by atoms with Crippen molar-refractivity contribution in [1.29, 1.82) is 0 Å². The average molecular weight is 283 g/mol. The summed E-state index contributed by atoms with van der Waals surface area (Å²) in [6, 6.07) is 11.2. The first-order valence-electron chi connectivity index (χ1n) is 8.07. The summed E-state index contributed by atoms with van der Waals surface area (Å²) in [4.78, 5) is 0. The fourth-order valence-corrected chi connectivity index (χ4v) is 3.23. The van der Waals surface area contributed by atoms with Crippen molar-refractivity contribution in [3.63, 3.8) is 0 Å². The van der Waals surface area contributed by atoms with E-state index in [-0.39, 0.29) is 0 Å². The molecule has 0 amide bonds. The lowest BCUT2D eigenvalue weighted by molar-refractivity contribution is 0.440. The SMILES string of the molecule is CCc1ccc(Cc2cc(C3CCNCC3)n(C)n2)cc1. The van der Waals surface area contributed by atoms with E-state index < -0.39 is 0 Å². The Kier molecular flexibility index (Phi) is 4.39. The van der Waals surface area contributed by atoms with E-state index in [0.29, 0.717) is 5.92 Å². The monoisotopic (exact) mass is 283 g/mol. The molecule has 0 bridgehead atoms. The number of hydrogen-bond acceptors (Lipinski definition) is 2. The van der Waals surface area contributed by atoms with Crippen LogP contribution in [0.4, 0.5) is 0 Å². The molecular formula is C18H25N3. The van der Waals surface area contributed by atoms with Crippen molar-refractivity contribution < 1.29 is 0 Å². The van der Waals surface area contributed by atoms with E-state index in [1.807, 2.05) is 0 Å². The Morgan fingerprint density at radius 3 is 2.48 bits per heavy atom. The molecule has 1 aromatic carbocycles. The average Bonchev–Trinajstić information content (AvgIpc) is 2.89. The predicted octanol–water partition coefficient (Wildman–Crippen LogP) is 3.04. The summed E-state index contributed by atoms with van der Waals surface area (Å²) in [6.07, 6.45) is 4.49. The Morgan fingerprint density at radius 2 is 1.81 bits per heavy atom. The van der Waals surface area contributed by atoms with Gasteiger partial charge in [-0.05, 0) is 49.5 Å². The molecule has 0 unspecified atom stereocenters. The molecule has 1 aliphatic rings. The Labute approximate surface area is 127 Å². The first-order chi connectivity index (χ1) is 10.3. The van der Waals surface area contributed by atoms with E-state index >= 15 is 0 Å². The van der Waals surface area contributed by atoms with Gasteiger partial charge in [-0.15, -0.1) is 0 Å². The molecule has 2 heterocycles. The number of rotatable bonds is 4. The van der Waals surface area contributed by atoms with Gasteiger partial charge in [0.15, 0.2) is 0 Å². The number of nitrogens with zero attached hydrogens (tertiary/aromatic N) is 2. The third kappa shape index (κ3) is 3.35. The van der Waals surface area contributed by atoms with Crippen LogP contribution in [-0.4, -0.2) is 22.9 Å². The summed E-state index contributed by atoms with van der Waals surface area (Å²) in [5.41, 5.74) is 5.34. The summed E-state index contributed by atoms with van der Waals surface area (Å²) in [7, 11) is 2.08. The van der Waals surface area contributed by atoms with E-state index in [2.05, 4.69) is 54.3 Å². The Morgan fingerprint density at radius 1 is 1.14 bits per heavy atom. The van der Waals surface area contributed by atoms with E-state index in [9.17, 15) is 0 Å². The fourth-order valence-electron chi connectivity index (χ4n) is 3.23. The van der Waals surface area contributed by atoms with Crippen molar-refractivity contribution in [2.24, 2.45) is 7.05 Å².